The standard InChI is InChI=1S/C9H8ClF3N2O2/c1-17-7-3-5(2-6(10)15-7)8(16)14-4-9(11,12)13/h2-3H,4H2,1H3,(H,14,16). The number of ether oxygens (including phenoxy) is 1. The van der Waals surface area contributed by atoms with Crippen molar-refractivity contribution in [1.29, 1.82) is 0 Å². The van der Waals surface area contributed by atoms with Crippen molar-refractivity contribution in [2.24, 2.45) is 0 Å². The van der Waals surface area contributed by atoms with E-state index >= 15 is 0 Å². The average molecular weight is 269 g/mol. The molecule has 0 saturated carbocycles. The fraction of sp³-hybridized carbons (Fsp3) is 0.333. The number of nitrogens with zero attached hydrogens (tertiary/aromatic N) is 1. The van der Waals surface area contributed by atoms with Gasteiger partial charge in [-0.05, 0) is 6.07 Å². The number of rotatable bonds is 3. The maximum atomic E-state index is 11.9. The second-order valence-corrected chi connectivity index (χ2v) is 3.41. The van der Waals surface area contributed by atoms with Gasteiger partial charge in [0.25, 0.3) is 5.91 Å². The van der Waals surface area contributed by atoms with Crippen molar-refractivity contribution in [3.63, 3.8) is 0 Å². The number of hydrogen-bond donors (Lipinski definition) is 1. The summed E-state index contributed by atoms with van der Waals surface area (Å²) in [6, 6.07) is 2.34. The van der Waals surface area contributed by atoms with Gasteiger partial charge < -0.3 is 10.1 Å². The van der Waals surface area contributed by atoms with Gasteiger partial charge in [-0.3, -0.25) is 4.79 Å². The normalized spacial score (nSPS) is 11.1. The Bertz CT molecular complexity index is 423. The van der Waals surface area contributed by atoms with Crippen LogP contribution in [0.5, 0.6) is 5.88 Å². The second kappa shape index (κ2) is 5.22. The van der Waals surface area contributed by atoms with Crippen molar-refractivity contribution >= 4 is 17.5 Å². The van der Waals surface area contributed by atoms with Gasteiger partial charge in [-0.25, -0.2) is 4.98 Å². The first-order valence-corrected chi connectivity index (χ1v) is 4.76. The van der Waals surface area contributed by atoms with E-state index < -0.39 is 18.6 Å². The number of amides is 1. The van der Waals surface area contributed by atoms with E-state index in [-0.39, 0.29) is 16.6 Å². The van der Waals surface area contributed by atoms with Crippen LogP contribution in [-0.2, 0) is 0 Å². The van der Waals surface area contributed by atoms with Crippen molar-refractivity contribution in [2.45, 2.75) is 6.18 Å². The molecule has 0 aliphatic heterocycles. The van der Waals surface area contributed by atoms with Crippen LogP contribution in [0.4, 0.5) is 13.2 Å². The summed E-state index contributed by atoms with van der Waals surface area (Å²) in [5.41, 5.74) is -0.0499. The van der Waals surface area contributed by atoms with Crippen LogP contribution in [0.15, 0.2) is 12.1 Å². The number of methoxy groups -OCH3 is 1. The van der Waals surface area contributed by atoms with Gasteiger partial charge in [-0.15, -0.1) is 0 Å². The summed E-state index contributed by atoms with van der Waals surface area (Å²) in [5, 5.41) is 1.67. The number of nitrogens with one attached hydrogen (secondary N) is 1. The zero-order valence-electron chi connectivity index (χ0n) is 8.64. The van der Waals surface area contributed by atoms with Crippen LogP contribution < -0.4 is 10.1 Å². The number of carbonyl (C=O) groups is 1. The van der Waals surface area contributed by atoms with Crippen LogP contribution in [0.1, 0.15) is 10.4 Å². The van der Waals surface area contributed by atoms with E-state index in [4.69, 9.17) is 16.3 Å². The summed E-state index contributed by atoms with van der Waals surface area (Å²) < 4.78 is 40.4. The van der Waals surface area contributed by atoms with Gasteiger partial charge in [0, 0.05) is 11.6 Å². The molecule has 0 aromatic carbocycles. The predicted molar refractivity (Wildman–Crippen MR) is 54.2 cm³/mol. The lowest BCUT2D eigenvalue weighted by molar-refractivity contribution is -0.123. The van der Waals surface area contributed by atoms with Crippen molar-refractivity contribution in [3.8, 4) is 5.88 Å². The minimum Gasteiger partial charge on any atom is -0.481 e. The molecule has 8 heteroatoms. The highest BCUT2D eigenvalue weighted by molar-refractivity contribution is 6.29. The molecule has 0 bridgehead atoms. The Morgan fingerprint density at radius 3 is 2.71 bits per heavy atom. The third-order valence-electron chi connectivity index (χ3n) is 1.69. The Kier molecular flexibility index (Phi) is 4.17. The zero-order chi connectivity index (χ0) is 13.1. The summed E-state index contributed by atoms with van der Waals surface area (Å²) in [7, 11) is 1.30. The molecule has 1 heterocycles. The van der Waals surface area contributed by atoms with Crippen LogP contribution in [0, 0.1) is 0 Å². The molecule has 0 radical (unpaired) electrons. The van der Waals surface area contributed by atoms with E-state index in [9.17, 15) is 18.0 Å². The number of aromatic nitrogens is 1. The van der Waals surface area contributed by atoms with Gasteiger partial charge in [-0.1, -0.05) is 11.6 Å². The number of carbonyl (C=O) groups excluding carboxylic acids is 1. The van der Waals surface area contributed by atoms with Crippen LogP contribution >= 0.6 is 11.6 Å². The molecule has 0 saturated heterocycles. The summed E-state index contributed by atoms with van der Waals surface area (Å²) >= 11 is 5.57. The Hall–Kier alpha value is -1.50. The second-order valence-electron chi connectivity index (χ2n) is 3.02. The first-order valence-electron chi connectivity index (χ1n) is 4.38. The van der Waals surface area contributed by atoms with E-state index in [2.05, 4.69) is 4.98 Å². The first-order chi connectivity index (χ1) is 7.81. The Labute approximate surface area is 99.7 Å². The maximum Gasteiger partial charge on any atom is 0.405 e. The average Bonchev–Trinajstić information content (AvgIpc) is 2.23. The van der Waals surface area contributed by atoms with Crippen LogP contribution in [0.3, 0.4) is 0 Å². The molecule has 0 aliphatic rings. The van der Waals surface area contributed by atoms with Gasteiger partial charge in [-0.2, -0.15) is 13.2 Å². The molecule has 0 atom stereocenters. The highest BCUT2D eigenvalue weighted by Gasteiger charge is 2.28. The Balaban J connectivity index is 2.78. The third-order valence-corrected chi connectivity index (χ3v) is 1.88. The summed E-state index contributed by atoms with van der Waals surface area (Å²) in [4.78, 5) is 15.0. The first kappa shape index (κ1) is 13.6. The summed E-state index contributed by atoms with van der Waals surface area (Å²) in [6.07, 6.45) is -4.46. The maximum absolute atomic E-state index is 11.9. The SMILES string of the molecule is COc1cc(C(=O)NCC(F)(F)F)cc(Cl)n1. The Morgan fingerprint density at radius 1 is 1.53 bits per heavy atom. The zero-order valence-corrected chi connectivity index (χ0v) is 9.39. The monoisotopic (exact) mass is 268 g/mol. The third kappa shape index (κ3) is 4.48. The van der Waals surface area contributed by atoms with Crippen molar-refractivity contribution in [2.75, 3.05) is 13.7 Å². The minimum atomic E-state index is -4.46. The van der Waals surface area contributed by atoms with E-state index in [1.165, 1.54) is 13.2 Å². The number of pyridine rings is 1. The smallest absolute Gasteiger partial charge is 0.405 e. The lowest BCUT2D eigenvalue weighted by Gasteiger charge is -2.09. The quantitative estimate of drug-likeness (QED) is 0.854. The lowest BCUT2D eigenvalue weighted by atomic mass is 10.2. The molecule has 4 nitrogen and oxygen atoms in total. The van der Waals surface area contributed by atoms with Crippen LogP contribution in [0.2, 0.25) is 5.15 Å². The topological polar surface area (TPSA) is 51.2 Å². The van der Waals surface area contributed by atoms with Crippen LogP contribution in [-0.4, -0.2) is 30.7 Å². The molecule has 1 aromatic heterocycles. The largest absolute Gasteiger partial charge is 0.481 e. The molecule has 17 heavy (non-hydrogen) atoms. The minimum absolute atomic E-state index is 0.0403. The van der Waals surface area contributed by atoms with Gasteiger partial charge in [0.1, 0.15) is 11.7 Å². The molecule has 1 N–H and O–H groups in total. The molecule has 1 amide bonds. The number of alkyl halides is 3. The number of hydrogen-bond acceptors (Lipinski definition) is 3. The molecule has 0 fully saturated rings. The molecule has 1 aromatic rings. The van der Waals surface area contributed by atoms with Crippen molar-refractivity contribution in [3.05, 3.63) is 22.8 Å². The molecule has 0 aliphatic carbocycles. The summed E-state index contributed by atoms with van der Waals surface area (Å²) in [5.74, 6) is -0.848. The Morgan fingerprint density at radius 2 is 2.18 bits per heavy atom. The van der Waals surface area contributed by atoms with Crippen molar-refractivity contribution < 1.29 is 22.7 Å². The van der Waals surface area contributed by atoms with Crippen LogP contribution in [0.25, 0.3) is 0 Å². The van der Waals surface area contributed by atoms with Gasteiger partial charge in [0.15, 0.2) is 0 Å². The molecular formula is C9H8ClF3N2O2. The van der Waals surface area contributed by atoms with Gasteiger partial charge in [0.2, 0.25) is 5.88 Å². The van der Waals surface area contributed by atoms with Gasteiger partial charge in [0.05, 0.1) is 7.11 Å². The van der Waals surface area contributed by atoms with E-state index in [1.54, 1.807) is 5.32 Å². The molecule has 1 rings (SSSR count). The highest BCUT2D eigenvalue weighted by atomic mass is 35.5. The fourth-order valence-electron chi connectivity index (χ4n) is 0.991. The molecule has 94 valence electrons. The lowest BCUT2D eigenvalue weighted by Crippen LogP contribution is -2.33. The number of halogens is 4. The van der Waals surface area contributed by atoms with Gasteiger partial charge >= 0.3 is 6.18 Å². The molecule has 0 unspecified atom stereocenters. The van der Waals surface area contributed by atoms with E-state index in [1.807, 2.05) is 0 Å². The van der Waals surface area contributed by atoms with Crippen molar-refractivity contribution in [1.82, 2.24) is 10.3 Å². The molecular weight excluding hydrogens is 261 g/mol. The highest BCUT2D eigenvalue weighted by Crippen LogP contribution is 2.17. The van der Waals surface area contributed by atoms with E-state index in [0.29, 0.717) is 0 Å². The molecule has 0 spiro atoms. The van der Waals surface area contributed by atoms with E-state index in [0.717, 1.165) is 6.07 Å². The summed E-state index contributed by atoms with van der Waals surface area (Å²) in [6.45, 7) is -1.41. The predicted octanol–water partition coefficient (Wildman–Crippen LogP) is 2.04. The fourth-order valence-corrected chi connectivity index (χ4v) is 1.19.